The molecule has 0 aliphatic carbocycles. The van der Waals surface area contributed by atoms with E-state index in [9.17, 15) is 9.59 Å². The van der Waals surface area contributed by atoms with Gasteiger partial charge in [-0.25, -0.2) is 14.8 Å². The van der Waals surface area contributed by atoms with Crippen LogP contribution in [0.1, 0.15) is 6.42 Å². The second kappa shape index (κ2) is 10.2. The Kier molecular flexibility index (Phi) is 7.64. The number of nitrogens with zero attached hydrogens (tertiary/aromatic N) is 3. The number of thioether (sulfide) groups is 1. The summed E-state index contributed by atoms with van der Waals surface area (Å²) in [5.41, 5.74) is 1.45. The largest absolute Gasteiger partial charge is 0.465 e. The van der Waals surface area contributed by atoms with Gasteiger partial charge in [0, 0.05) is 26.0 Å². The fraction of sp³-hybridized carbons (Fsp3) is 0.312. The molecule has 132 valence electrons. The van der Waals surface area contributed by atoms with Crippen LogP contribution >= 0.6 is 11.8 Å². The van der Waals surface area contributed by atoms with Crippen molar-refractivity contribution in [3.63, 3.8) is 0 Å². The molecule has 25 heavy (non-hydrogen) atoms. The Balaban J connectivity index is 1.72. The highest BCUT2D eigenvalue weighted by molar-refractivity contribution is 7.99. The van der Waals surface area contributed by atoms with Crippen LogP contribution in [0.2, 0.25) is 0 Å². The number of amides is 2. The summed E-state index contributed by atoms with van der Waals surface area (Å²) in [5.74, 6) is -0.231. The lowest BCUT2D eigenvalue weighted by molar-refractivity contribution is -0.140. The molecule has 0 saturated carbocycles. The first kappa shape index (κ1) is 18.7. The molecule has 0 saturated heterocycles. The maximum absolute atomic E-state index is 11.7. The molecule has 0 radical (unpaired) electrons. The van der Waals surface area contributed by atoms with Crippen LogP contribution < -0.4 is 10.6 Å². The van der Waals surface area contributed by atoms with Crippen LogP contribution in [0.15, 0.2) is 41.8 Å². The van der Waals surface area contributed by atoms with E-state index < -0.39 is 0 Å². The molecule has 2 aromatic heterocycles. The highest BCUT2D eigenvalue weighted by Gasteiger charge is 2.08. The van der Waals surface area contributed by atoms with Gasteiger partial charge in [-0.1, -0.05) is 17.8 Å². The maximum atomic E-state index is 11.7. The van der Waals surface area contributed by atoms with Gasteiger partial charge in [-0.3, -0.25) is 9.78 Å². The molecule has 8 nitrogen and oxygen atoms in total. The molecular formula is C16H19N5O3S. The van der Waals surface area contributed by atoms with Crippen molar-refractivity contribution in [1.29, 1.82) is 0 Å². The summed E-state index contributed by atoms with van der Waals surface area (Å²) in [4.78, 5) is 35.4. The summed E-state index contributed by atoms with van der Waals surface area (Å²) in [6, 6.07) is 7.09. The predicted octanol–water partition coefficient (Wildman–Crippen LogP) is 1.49. The van der Waals surface area contributed by atoms with E-state index >= 15 is 0 Å². The van der Waals surface area contributed by atoms with E-state index in [0.29, 0.717) is 23.8 Å². The van der Waals surface area contributed by atoms with Crippen LogP contribution in [0.5, 0.6) is 0 Å². The zero-order valence-corrected chi connectivity index (χ0v) is 14.6. The van der Waals surface area contributed by atoms with Crippen molar-refractivity contribution in [3.8, 4) is 11.4 Å². The van der Waals surface area contributed by atoms with Gasteiger partial charge < -0.3 is 15.4 Å². The molecule has 0 aliphatic rings. The minimum Gasteiger partial charge on any atom is -0.465 e. The number of carbonyl (C=O) groups excluding carboxylic acids is 2. The molecule has 0 atom stereocenters. The number of esters is 1. The van der Waals surface area contributed by atoms with Gasteiger partial charge in [0.2, 0.25) is 0 Å². The highest BCUT2D eigenvalue weighted by Crippen LogP contribution is 2.18. The van der Waals surface area contributed by atoms with E-state index in [-0.39, 0.29) is 24.4 Å². The number of hydrogen-bond donors (Lipinski definition) is 2. The first-order chi connectivity index (χ1) is 12.2. The van der Waals surface area contributed by atoms with Crippen LogP contribution in [0, 0.1) is 0 Å². The summed E-state index contributed by atoms with van der Waals surface area (Å²) in [6.45, 7) is 0.688. The summed E-state index contributed by atoms with van der Waals surface area (Å²) in [7, 11) is 1.54. The van der Waals surface area contributed by atoms with Gasteiger partial charge in [-0.2, -0.15) is 0 Å². The first-order valence-corrected chi connectivity index (χ1v) is 8.66. The van der Waals surface area contributed by atoms with E-state index in [4.69, 9.17) is 4.74 Å². The summed E-state index contributed by atoms with van der Waals surface area (Å²) in [5, 5.41) is 5.54. The van der Waals surface area contributed by atoms with Crippen molar-refractivity contribution < 1.29 is 14.3 Å². The van der Waals surface area contributed by atoms with Gasteiger partial charge in [0.05, 0.1) is 23.7 Å². The fourth-order valence-electron chi connectivity index (χ4n) is 1.78. The number of urea groups is 1. The molecule has 2 N–H and O–H groups in total. The number of hydrogen-bond acceptors (Lipinski definition) is 7. The van der Waals surface area contributed by atoms with E-state index in [1.807, 2.05) is 18.2 Å². The Morgan fingerprint density at radius 3 is 2.80 bits per heavy atom. The Labute approximate surface area is 149 Å². The zero-order valence-electron chi connectivity index (χ0n) is 13.8. The summed E-state index contributed by atoms with van der Waals surface area (Å²) < 4.78 is 5.09. The molecule has 0 fully saturated rings. The van der Waals surface area contributed by atoms with Gasteiger partial charge in [0.15, 0.2) is 5.16 Å². The Morgan fingerprint density at radius 2 is 2.04 bits per heavy atom. The van der Waals surface area contributed by atoms with Crippen LogP contribution in [0.4, 0.5) is 4.79 Å². The Hall–Kier alpha value is -2.68. The predicted molar refractivity (Wildman–Crippen MR) is 94.0 cm³/mol. The Morgan fingerprint density at radius 1 is 1.16 bits per heavy atom. The third kappa shape index (κ3) is 6.76. The highest BCUT2D eigenvalue weighted by atomic mass is 32.2. The minimum absolute atomic E-state index is 0.120. The number of rotatable bonds is 8. The average Bonchev–Trinajstić information content (AvgIpc) is 2.66. The van der Waals surface area contributed by atoms with Crippen molar-refractivity contribution in [2.24, 2.45) is 0 Å². The second-order valence-electron chi connectivity index (χ2n) is 4.81. The van der Waals surface area contributed by atoms with Gasteiger partial charge in [-0.05, 0) is 24.6 Å². The molecule has 0 aromatic carbocycles. The van der Waals surface area contributed by atoms with Gasteiger partial charge >= 0.3 is 12.0 Å². The number of pyridine rings is 1. The number of aromatic nitrogens is 3. The molecule has 2 amide bonds. The molecule has 0 unspecified atom stereocenters. The van der Waals surface area contributed by atoms with Crippen molar-refractivity contribution in [1.82, 2.24) is 25.6 Å². The van der Waals surface area contributed by atoms with Crippen LogP contribution in [0.25, 0.3) is 11.4 Å². The van der Waals surface area contributed by atoms with E-state index in [1.54, 1.807) is 18.5 Å². The first-order valence-electron chi connectivity index (χ1n) is 7.67. The minimum atomic E-state index is -0.350. The molecule has 0 spiro atoms. The van der Waals surface area contributed by atoms with Gasteiger partial charge in [0.1, 0.15) is 0 Å². The molecular weight excluding hydrogens is 342 g/mol. The van der Waals surface area contributed by atoms with Crippen molar-refractivity contribution in [2.75, 3.05) is 26.0 Å². The standard InChI is InChI=1S/C16H19N5O3S/c1-17-15(23)19-8-4-10-24-14(22)11-25-16-20-9-6-13(21-16)12-5-2-3-7-18-12/h2-3,5-7,9H,4,8,10-11H2,1H3,(H2,17,19,23). The fourth-order valence-corrected chi connectivity index (χ4v) is 2.41. The molecule has 9 heteroatoms. The smallest absolute Gasteiger partial charge is 0.316 e. The molecule has 2 heterocycles. The number of carbonyl (C=O) groups is 2. The molecule has 2 rings (SSSR count). The lowest BCUT2D eigenvalue weighted by atomic mass is 10.3. The molecule has 2 aromatic rings. The van der Waals surface area contributed by atoms with E-state index in [0.717, 1.165) is 5.69 Å². The van der Waals surface area contributed by atoms with Crippen LogP contribution in [-0.2, 0) is 9.53 Å². The van der Waals surface area contributed by atoms with Crippen LogP contribution in [0.3, 0.4) is 0 Å². The van der Waals surface area contributed by atoms with Gasteiger partial charge in [-0.15, -0.1) is 0 Å². The van der Waals surface area contributed by atoms with Crippen molar-refractivity contribution >= 4 is 23.8 Å². The normalized spacial score (nSPS) is 10.1. The SMILES string of the molecule is CNC(=O)NCCCOC(=O)CSc1nccc(-c2ccccn2)n1. The maximum Gasteiger partial charge on any atom is 0.316 e. The topological polar surface area (TPSA) is 106 Å². The third-order valence-corrected chi connectivity index (χ3v) is 3.81. The molecule has 0 aliphatic heterocycles. The van der Waals surface area contributed by atoms with Crippen molar-refractivity contribution in [2.45, 2.75) is 11.6 Å². The van der Waals surface area contributed by atoms with Crippen LogP contribution in [-0.4, -0.2) is 52.9 Å². The summed E-state index contributed by atoms with van der Waals surface area (Å²) in [6.07, 6.45) is 3.88. The Bertz CT molecular complexity index is 699. The lowest BCUT2D eigenvalue weighted by Crippen LogP contribution is -2.33. The monoisotopic (exact) mass is 361 g/mol. The second-order valence-corrected chi connectivity index (χ2v) is 5.75. The van der Waals surface area contributed by atoms with Gasteiger partial charge in [0.25, 0.3) is 0 Å². The zero-order chi connectivity index (χ0) is 17.9. The number of ether oxygens (including phenoxy) is 1. The quantitative estimate of drug-likeness (QED) is 0.317. The number of nitrogens with one attached hydrogen (secondary N) is 2. The summed E-state index contributed by atoms with van der Waals surface area (Å²) >= 11 is 1.21. The lowest BCUT2D eigenvalue weighted by Gasteiger charge is -2.06. The van der Waals surface area contributed by atoms with E-state index in [2.05, 4.69) is 25.6 Å². The van der Waals surface area contributed by atoms with E-state index in [1.165, 1.54) is 18.8 Å². The molecule has 0 bridgehead atoms. The third-order valence-electron chi connectivity index (χ3n) is 2.98. The average molecular weight is 361 g/mol. The van der Waals surface area contributed by atoms with Crippen molar-refractivity contribution in [3.05, 3.63) is 36.7 Å².